The quantitative estimate of drug-likeness (QED) is 0.0406. The Labute approximate surface area is 307 Å². The zero-order chi connectivity index (χ0) is 36.4. The van der Waals surface area contributed by atoms with Crippen LogP contribution in [0, 0.1) is 0 Å². The van der Waals surface area contributed by atoms with Crippen LogP contribution in [0.1, 0.15) is 168 Å². The molecular formula is C45H74O5. The summed E-state index contributed by atoms with van der Waals surface area (Å²) in [6.45, 7) is 4.18. The third-order valence-electron chi connectivity index (χ3n) is 8.10. The van der Waals surface area contributed by atoms with E-state index in [1.807, 2.05) is 0 Å². The van der Waals surface area contributed by atoms with E-state index in [-0.39, 0.29) is 25.2 Å². The van der Waals surface area contributed by atoms with Gasteiger partial charge in [-0.05, 0) is 89.9 Å². The van der Waals surface area contributed by atoms with Crippen LogP contribution in [0.3, 0.4) is 0 Å². The number of rotatable bonds is 35. The van der Waals surface area contributed by atoms with Crippen molar-refractivity contribution in [3.8, 4) is 0 Å². The second-order valence-corrected chi connectivity index (χ2v) is 13.0. The van der Waals surface area contributed by atoms with E-state index < -0.39 is 6.10 Å². The fourth-order valence-electron chi connectivity index (χ4n) is 5.02. The van der Waals surface area contributed by atoms with Gasteiger partial charge in [-0.2, -0.15) is 0 Å². The van der Waals surface area contributed by atoms with Gasteiger partial charge in [-0.25, -0.2) is 0 Å². The predicted molar refractivity (Wildman–Crippen MR) is 214 cm³/mol. The Hall–Kier alpha value is -2.92. The van der Waals surface area contributed by atoms with Crippen LogP contribution < -0.4 is 0 Å². The first-order valence-electron chi connectivity index (χ1n) is 20.1. The maximum atomic E-state index is 12.0. The lowest BCUT2D eigenvalue weighted by molar-refractivity contribution is -0.152. The van der Waals surface area contributed by atoms with Crippen LogP contribution in [0.2, 0.25) is 0 Å². The Morgan fingerprint density at radius 2 is 0.720 bits per heavy atom. The van der Waals surface area contributed by atoms with Gasteiger partial charge in [0, 0.05) is 12.8 Å². The maximum Gasteiger partial charge on any atom is 0.305 e. The molecule has 0 aliphatic heterocycles. The van der Waals surface area contributed by atoms with Crippen LogP contribution in [-0.2, 0) is 19.1 Å². The molecule has 0 aromatic rings. The number of aliphatic hydroxyl groups excluding tert-OH is 1. The van der Waals surface area contributed by atoms with Gasteiger partial charge in [0.1, 0.15) is 19.3 Å². The lowest BCUT2D eigenvalue weighted by Crippen LogP contribution is -2.25. The maximum absolute atomic E-state index is 12.0. The normalized spacial score (nSPS) is 13.1. The number of carbonyl (C=O) groups excluding carboxylic acids is 2. The van der Waals surface area contributed by atoms with E-state index >= 15 is 0 Å². The lowest BCUT2D eigenvalue weighted by Gasteiger charge is -2.12. The second kappa shape index (κ2) is 40.5. The summed E-state index contributed by atoms with van der Waals surface area (Å²) in [5.41, 5.74) is 0. The van der Waals surface area contributed by atoms with E-state index in [0.717, 1.165) is 64.2 Å². The number of hydrogen-bond acceptors (Lipinski definition) is 5. The number of esters is 2. The van der Waals surface area contributed by atoms with Crippen LogP contribution in [0.25, 0.3) is 0 Å². The summed E-state index contributed by atoms with van der Waals surface area (Å²) in [7, 11) is 0. The van der Waals surface area contributed by atoms with Crippen LogP contribution in [0.5, 0.6) is 0 Å². The van der Waals surface area contributed by atoms with Crippen molar-refractivity contribution in [3.05, 3.63) is 85.1 Å². The van der Waals surface area contributed by atoms with Crippen LogP contribution in [-0.4, -0.2) is 36.4 Å². The lowest BCUT2D eigenvalue weighted by atomic mass is 10.1. The van der Waals surface area contributed by atoms with Crippen molar-refractivity contribution in [1.29, 1.82) is 0 Å². The topological polar surface area (TPSA) is 72.8 Å². The minimum atomic E-state index is -1.00. The largest absolute Gasteiger partial charge is 0.463 e. The van der Waals surface area contributed by atoms with Gasteiger partial charge in [0.25, 0.3) is 0 Å². The molecule has 0 aliphatic rings. The summed E-state index contributed by atoms with van der Waals surface area (Å²) < 4.78 is 10.3. The zero-order valence-corrected chi connectivity index (χ0v) is 32.1. The molecular weight excluding hydrogens is 620 g/mol. The van der Waals surface area contributed by atoms with Gasteiger partial charge in [-0.15, -0.1) is 0 Å². The van der Waals surface area contributed by atoms with Gasteiger partial charge in [0.15, 0.2) is 0 Å². The molecule has 1 N–H and O–H groups in total. The second-order valence-electron chi connectivity index (χ2n) is 13.0. The first-order chi connectivity index (χ1) is 24.6. The van der Waals surface area contributed by atoms with Gasteiger partial charge in [-0.1, -0.05) is 150 Å². The monoisotopic (exact) mass is 695 g/mol. The van der Waals surface area contributed by atoms with Crippen molar-refractivity contribution in [2.45, 2.75) is 174 Å². The fraction of sp³-hybridized carbons (Fsp3) is 0.644. The van der Waals surface area contributed by atoms with E-state index in [4.69, 9.17) is 9.47 Å². The Kier molecular flexibility index (Phi) is 38.1. The van der Waals surface area contributed by atoms with Gasteiger partial charge < -0.3 is 14.6 Å². The van der Waals surface area contributed by atoms with Crippen molar-refractivity contribution >= 4 is 11.9 Å². The Balaban J connectivity index is 3.62. The summed E-state index contributed by atoms with van der Waals surface area (Å²) in [6.07, 6.45) is 55.0. The SMILES string of the molecule is CCCCC/C=C\C/C=C\C/C=C\C/C=C\CCCCCC(=O)OC[C@H](O)COC(=O)CCC/C=C\C/C=C\C/C=C\CCCCCCCC. The molecule has 0 unspecified atom stereocenters. The molecule has 0 aromatic carbocycles. The number of carbonyl (C=O) groups is 2. The van der Waals surface area contributed by atoms with Crippen molar-refractivity contribution in [3.63, 3.8) is 0 Å². The van der Waals surface area contributed by atoms with E-state index in [0.29, 0.717) is 19.3 Å². The zero-order valence-electron chi connectivity index (χ0n) is 32.1. The Morgan fingerprint density at radius 3 is 1.16 bits per heavy atom. The molecule has 0 radical (unpaired) electrons. The van der Waals surface area contributed by atoms with E-state index in [1.54, 1.807) is 0 Å². The molecule has 0 saturated heterocycles. The van der Waals surface area contributed by atoms with E-state index in [2.05, 4.69) is 98.9 Å². The smallest absolute Gasteiger partial charge is 0.305 e. The van der Waals surface area contributed by atoms with Gasteiger partial charge >= 0.3 is 11.9 Å². The minimum Gasteiger partial charge on any atom is -0.463 e. The van der Waals surface area contributed by atoms with E-state index in [1.165, 1.54) is 70.6 Å². The first-order valence-corrected chi connectivity index (χ1v) is 20.1. The summed E-state index contributed by atoms with van der Waals surface area (Å²) in [5.74, 6) is -0.666. The fourth-order valence-corrected chi connectivity index (χ4v) is 5.02. The molecule has 0 amide bonds. The molecule has 0 spiro atoms. The number of unbranched alkanes of at least 4 members (excludes halogenated alkanes) is 13. The van der Waals surface area contributed by atoms with Crippen molar-refractivity contribution in [2.24, 2.45) is 0 Å². The van der Waals surface area contributed by atoms with Crippen LogP contribution in [0.15, 0.2) is 85.1 Å². The standard InChI is InChI=1S/C45H74O5/c1-3-5-7-9-11-13-15-17-19-21-22-24-26-28-30-32-34-36-38-40-45(48)50-42-43(46)41-49-44(47)39-37-35-33-31-29-27-25-23-20-18-16-14-12-10-8-6-4-2/h11,13,17-20,22,24-25,27-28,30-31,33,43,46H,3-10,12,14-16,21,23,26,29,32,34-42H2,1-2H3/b13-11-,19-17-,20-18-,24-22-,27-25-,30-28-,33-31-/t43-/m1/s1. The van der Waals surface area contributed by atoms with Gasteiger partial charge in [0.2, 0.25) is 0 Å². The first kappa shape index (κ1) is 47.1. The predicted octanol–water partition coefficient (Wildman–Crippen LogP) is 12.7. The highest BCUT2D eigenvalue weighted by Gasteiger charge is 2.11. The molecule has 0 rings (SSSR count). The van der Waals surface area contributed by atoms with Crippen molar-refractivity contribution in [1.82, 2.24) is 0 Å². The highest BCUT2D eigenvalue weighted by atomic mass is 16.6. The molecule has 0 saturated carbocycles. The number of aliphatic hydroxyl groups is 1. The molecule has 5 nitrogen and oxygen atoms in total. The molecule has 0 heterocycles. The molecule has 0 bridgehead atoms. The average Bonchev–Trinajstić information content (AvgIpc) is 3.12. The Morgan fingerprint density at radius 1 is 0.420 bits per heavy atom. The molecule has 50 heavy (non-hydrogen) atoms. The summed E-state index contributed by atoms with van der Waals surface area (Å²) >= 11 is 0. The Bertz CT molecular complexity index is 968. The average molecular weight is 695 g/mol. The van der Waals surface area contributed by atoms with E-state index in [9.17, 15) is 14.7 Å². The summed E-state index contributed by atoms with van der Waals surface area (Å²) in [4.78, 5) is 23.9. The van der Waals surface area contributed by atoms with Crippen LogP contribution >= 0.6 is 0 Å². The van der Waals surface area contributed by atoms with Gasteiger partial charge in [-0.3, -0.25) is 9.59 Å². The molecule has 0 aromatic heterocycles. The number of allylic oxidation sites excluding steroid dienone is 14. The van der Waals surface area contributed by atoms with Crippen molar-refractivity contribution < 1.29 is 24.2 Å². The third kappa shape index (κ3) is 39.5. The summed E-state index contributed by atoms with van der Waals surface area (Å²) in [5, 5.41) is 10.0. The minimum absolute atomic E-state index is 0.153. The third-order valence-corrected chi connectivity index (χ3v) is 8.10. The number of hydrogen-bond donors (Lipinski definition) is 1. The summed E-state index contributed by atoms with van der Waals surface area (Å²) in [6, 6.07) is 0. The highest BCUT2D eigenvalue weighted by molar-refractivity contribution is 5.69. The number of ether oxygens (including phenoxy) is 2. The highest BCUT2D eigenvalue weighted by Crippen LogP contribution is 2.09. The molecule has 1 atom stereocenters. The van der Waals surface area contributed by atoms with Crippen molar-refractivity contribution in [2.75, 3.05) is 13.2 Å². The van der Waals surface area contributed by atoms with Crippen LogP contribution in [0.4, 0.5) is 0 Å². The van der Waals surface area contributed by atoms with Gasteiger partial charge in [0.05, 0.1) is 0 Å². The molecule has 284 valence electrons. The molecule has 5 heteroatoms. The molecule has 0 aliphatic carbocycles. The molecule has 0 fully saturated rings.